The first kappa shape index (κ1) is 27.6. The number of aliphatic hydroxyl groups is 2. The molecule has 0 radical (unpaired) electrons. The molecule has 7 nitrogen and oxygen atoms in total. The predicted octanol–water partition coefficient (Wildman–Crippen LogP) is 4.64. The molecule has 1 saturated heterocycles. The summed E-state index contributed by atoms with van der Waals surface area (Å²) < 4.78 is 5.43. The molecule has 1 aromatic carbocycles. The van der Waals surface area contributed by atoms with Crippen molar-refractivity contribution in [1.29, 1.82) is 0 Å². The summed E-state index contributed by atoms with van der Waals surface area (Å²) in [5, 5.41) is 22.5. The highest BCUT2D eigenvalue weighted by molar-refractivity contribution is 5.96. The van der Waals surface area contributed by atoms with Crippen molar-refractivity contribution in [3.05, 3.63) is 46.5 Å². The van der Waals surface area contributed by atoms with Crippen molar-refractivity contribution in [3.63, 3.8) is 0 Å². The minimum atomic E-state index is -0.218. The Kier molecular flexibility index (Phi) is 11.3. The Balaban J connectivity index is 2.40. The highest BCUT2D eigenvalue weighted by Crippen LogP contribution is 2.24. The standard InChI is InChI=1S/C27H41N3O4/c1-6-21(7-2)27(29-26(8-3)30-13-11-24(33)12-14-30)28-23-10-9-19(4)22(17-23)18-25(20(5)32)34-16-15-31/h9-10,17-18,24,28,31,33H,6-8,11-16H2,1-5H3/b25-18+,29-26?. The molecule has 1 fully saturated rings. The number of aryl methyl sites for hydroxylation is 1. The number of nitrogens with zero attached hydrogens (tertiary/aromatic N) is 2. The van der Waals surface area contributed by atoms with Gasteiger partial charge in [-0.3, -0.25) is 4.79 Å². The molecule has 2 rings (SSSR count). The van der Waals surface area contributed by atoms with E-state index in [9.17, 15) is 9.90 Å². The smallest absolute Gasteiger partial charge is 0.194 e. The lowest BCUT2D eigenvalue weighted by atomic mass is 10.1. The van der Waals surface area contributed by atoms with E-state index < -0.39 is 0 Å². The molecule has 0 bridgehead atoms. The minimum Gasteiger partial charge on any atom is -0.487 e. The van der Waals surface area contributed by atoms with E-state index in [0.29, 0.717) is 0 Å². The maximum Gasteiger partial charge on any atom is 0.194 e. The molecule has 0 aliphatic carbocycles. The number of aliphatic hydroxyl groups excluding tert-OH is 2. The molecule has 0 spiro atoms. The van der Waals surface area contributed by atoms with Crippen LogP contribution < -0.4 is 5.32 Å². The van der Waals surface area contributed by atoms with Gasteiger partial charge in [-0.2, -0.15) is 0 Å². The molecular weight excluding hydrogens is 430 g/mol. The summed E-state index contributed by atoms with van der Waals surface area (Å²) in [6, 6.07) is 6.00. The Morgan fingerprint density at radius 3 is 2.44 bits per heavy atom. The summed E-state index contributed by atoms with van der Waals surface area (Å²) in [7, 11) is 0. The fourth-order valence-electron chi connectivity index (χ4n) is 3.96. The second-order valence-corrected chi connectivity index (χ2v) is 8.59. The number of carbonyl (C=O) groups excluding carboxylic acids is 1. The number of hydrogen-bond donors (Lipinski definition) is 3. The summed E-state index contributed by atoms with van der Waals surface area (Å²) >= 11 is 0. The van der Waals surface area contributed by atoms with Gasteiger partial charge < -0.3 is 25.2 Å². The summed E-state index contributed by atoms with van der Waals surface area (Å²) in [4.78, 5) is 19.3. The highest BCUT2D eigenvalue weighted by atomic mass is 16.5. The molecule has 0 amide bonds. The van der Waals surface area contributed by atoms with Crippen LogP contribution in [0, 0.1) is 6.92 Å². The van der Waals surface area contributed by atoms with Crippen LogP contribution in [-0.4, -0.2) is 59.1 Å². The van der Waals surface area contributed by atoms with Gasteiger partial charge in [0.2, 0.25) is 0 Å². The monoisotopic (exact) mass is 471 g/mol. The van der Waals surface area contributed by atoms with E-state index in [0.717, 1.165) is 73.7 Å². The van der Waals surface area contributed by atoms with Crippen molar-refractivity contribution in [2.75, 3.05) is 31.6 Å². The van der Waals surface area contributed by atoms with Crippen LogP contribution in [0.3, 0.4) is 0 Å². The molecule has 0 aromatic heterocycles. The minimum absolute atomic E-state index is 0.0771. The molecule has 7 heteroatoms. The van der Waals surface area contributed by atoms with E-state index >= 15 is 0 Å². The first-order chi connectivity index (χ1) is 16.3. The molecule has 0 saturated carbocycles. The molecule has 1 aromatic rings. The van der Waals surface area contributed by atoms with E-state index in [1.807, 2.05) is 25.1 Å². The van der Waals surface area contributed by atoms with Gasteiger partial charge in [-0.05, 0) is 67.5 Å². The number of allylic oxidation sites excluding steroid dienone is 2. The van der Waals surface area contributed by atoms with Crippen LogP contribution in [-0.2, 0) is 9.53 Å². The first-order valence-corrected chi connectivity index (χ1v) is 12.4. The third kappa shape index (κ3) is 7.99. The van der Waals surface area contributed by atoms with E-state index in [4.69, 9.17) is 14.8 Å². The average molecular weight is 472 g/mol. The van der Waals surface area contributed by atoms with Crippen molar-refractivity contribution < 1.29 is 19.7 Å². The van der Waals surface area contributed by atoms with E-state index in [1.165, 1.54) is 12.5 Å². The molecule has 0 unspecified atom stereocenters. The first-order valence-electron chi connectivity index (χ1n) is 12.4. The number of hydrogen-bond acceptors (Lipinski definition) is 6. The number of nitrogens with one attached hydrogen (secondary N) is 1. The molecular formula is C27H41N3O4. The second-order valence-electron chi connectivity index (χ2n) is 8.59. The predicted molar refractivity (Wildman–Crippen MR) is 139 cm³/mol. The van der Waals surface area contributed by atoms with Gasteiger partial charge in [-0.25, -0.2) is 4.99 Å². The third-order valence-corrected chi connectivity index (χ3v) is 6.10. The molecule has 1 heterocycles. The summed E-state index contributed by atoms with van der Waals surface area (Å²) in [5.74, 6) is 1.92. The lowest BCUT2D eigenvalue weighted by Crippen LogP contribution is -2.40. The van der Waals surface area contributed by atoms with Crippen LogP contribution >= 0.6 is 0 Å². The molecule has 0 atom stereocenters. The van der Waals surface area contributed by atoms with E-state index in [-0.39, 0.29) is 30.9 Å². The van der Waals surface area contributed by atoms with Gasteiger partial charge in [0.05, 0.1) is 12.7 Å². The van der Waals surface area contributed by atoms with Crippen LogP contribution in [0.5, 0.6) is 0 Å². The van der Waals surface area contributed by atoms with Crippen molar-refractivity contribution in [1.82, 2.24) is 4.90 Å². The zero-order valence-corrected chi connectivity index (χ0v) is 21.4. The fraction of sp³-hybridized carbons (Fsp3) is 0.556. The Hall–Kier alpha value is -2.64. The lowest BCUT2D eigenvalue weighted by Gasteiger charge is -2.32. The molecule has 188 valence electrons. The summed E-state index contributed by atoms with van der Waals surface area (Å²) in [6.45, 7) is 11.4. The van der Waals surface area contributed by atoms with Gasteiger partial charge in [0, 0.05) is 32.1 Å². The number of ketones is 1. The van der Waals surface area contributed by atoms with Crippen LogP contribution in [0.4, 0.5) is 5.69 Å². The molecule has 1 aliphatic rings. The SMILES string of the molecule is CCC(=NC(Nc1ccc(C)c(/C=C(/OCCO)C(C)=O)c1)=C(CC)CC)N1CCC(O)CC1. The normalized spacial score (nSPS) is 15.3. The molecule has 3 N–H and O–H groups in total. The number of likely N-dealkylation sites (tertiary alicyclic amines) is 1. The summed E-state index contributed by atoms with van der Waals surface area (Å²) in [6.07, 6.45) is 5.63. The van der Waals surface area contributed by atoms with Crippen LogP contribution in [0.1, 0.15) is 70.9 Å². The maximum absolute atomic E-state index is 12.0. The van der Waals surface area contributed by atoms with E-state index in [2.05, 4.69) is 31.0 Å². The number of Topliss-reactive ketones (excluding diaryl/α,β-unsaturated/α-hetero) is 1. The van der Waals surface area contributed by atoms with Crippen molar-refractivity contribution >= 4 is 23.4 Å². The lowest BCUT2D eigenvalue weighted by molar-refractivity contribution is -0.116. The topological polar surface area (TPSA) is 94.4 Å². The van der Waals surface area contributed by atoms with Crippen LogP contribution in [0.15, 0.2) is 40.3 Å². The number of piperidine rings is 1. The number of amidine groups is 1. The van der Waals surface area contributed by atoms with E-state index in [1.54, 1.807) is 6.08 Å². The van der Waals surface area contributed by atoms with Gasteiger partial charge in [0.15, 0.2) is 11.5 Å². The van der Waals surface area contributed by atoms with Gasteiger partial charge in [-0.15, -0.1) is 0 Å². The summed E-state index contributed by atoms with van der Waals surface area (Å²) in [5.41, 5.74) is 3.99. The quantitative estimate of drug-likeness (QED) is 0.188. The van der Waals surface area contributed by atoms with Crippen molar-refractivity contribution in [3.8, 4) is 0 Å². The number of rotatable bonds is 11. The fourth-order valence-corrected chi connectivity index (χ4v) is 3.96. The number of carbonyl (C=O) groups is 1. The Morgan fingerprint density at radius 2 is 1.88 bits per heavy atom. The Labute approximate surface area is 204 Å². The number of aliphatic imine (C=N–C) groups is 1. The van der Waals surface area contributed by atoms with Gasteiger partial charge >= 0.3 is 0 Å². The second kappa shape index (κ2) is 13.9. The average Bonchev–Trinajstić information content (AvgIpc) is 2.83. The molecule has 34 heavy (non-hydrogen) atoms. The third-order valence-electron chi connectivity index (χ3n) is 6.10. The number of anilines is 1. The van der Waals surface area contributed by atoms with Crippen molar-refractivity contribution in [2.24, 2.45) is 4.99 Å². The van der Waals surface area contributed by atoms with Gasteiger partial charge in [-0.1, -0.05) is 26.8 Å². The zero-order chi connectivity index (χ0) is 25.1. The molecule has 1 aliphatic heterocycles. The highest BCUT2D eigenvalue weighted by Gasteiger charge is 2.20. The number of ether oxygens (including phenoxy) is 1. The Bertz CT molecular complexity index is 906. The maximum atomic E-state index is 12.0. The van der Waals surface area contributed by atoms with Crippen molar-refractivity contribution in [2.45, 2.75) is 72.8 Å². The van der Waals surface area contributed by atoms with Crippen LogP contribution in [0.25, 0.3) is 6.08 Å². The zero-order valence-electron chi connectivity index (χ0n) is 21.4. The van der Waals surface area contributed by atoms with Gasteiger partial charge in [0.25, 0.3) is 0 Å². The van der Waals surface area contributed by atoms with Gasteiger partial charge in [0.1, 0.15) is 18.3 Å². The number of benzene rings is 1. The largest absolute Gasteiger partial charge is 0.487 e. The Morgan fingerprint density at radius 1 is 1.21 bits per heavy atom. The van der Waals surface area contributed by atoms with Crippen LogP contribution in [0.2, 0.25) is 0 Å².